The quantitative estimate of drug-likeness (QED) is 0.526. The lowest BCUT2D eigenvalue weighted by Gasteiger charge is -2.27. The van der Waals surface area contributed by atoms with Crippen molar-refractivity contribution in [3.05, 3.63) is 76.6 Å². The van der Waals surface area contributed by atoms with Crippen LogP contribution in [0.2, 0.25) is 0 Å². The van der Waals surface area contributed by atoms with E-state index < -0.39 is 0 Å². The lowest BCUT2D eigenvalue weighted by Crippen LogP contribution is -2.38. The summed E-state index contributed by atoms with van der Waals surface area (Å²) < 4.78 is 7.39. The maximum Gasteiger partial charge on any atom is 0.214 e. The smallest absolute Gasteiger partial charge is 0.214 e. The third-order valence-corrected chi connectivity index (χ3v) is 5.94. The van der Waals surface area contributed by atoms with E-state index in [0.717, 1.165) is 44.0 Å². The van der Waals surface area contributed by atoms with E-state index >= 15 is 0 Å². The van der Waals surface area contributed by atoms with Gasteiger partial charge in [0, 0.05) is 42.9 Å². The molecule has 1 saturated heterocycles. The van der Waals surface area contributed by atoms with Crippen molar-refractivity contribution in [2.75, 3.05) is 32.8 Å². The van der Waals surface area contributed by atoms with Gasteiger partial charge in [0.1, 0.15) is 17.2 Å². The molecule has 3 aromatic rings. The maximum absolute atomic E-state index is 13.4. The van der Waals surface area contributed by atoms with Crippen LogP contribution in [0.5, 0.6) is 0 Å². The van der Waals surface area contributed by atoms with Gasteiger partial charge in [0.25, 0.3) is 0 Å². The highest BCUT2D eigenvalue weighted by Gasteiger charge is 2.36. The van der Waals surface area contributed by atoms with E-state index in [-0.39, 0.29) is 17.3 Å². The van der Waals surface area contributed by atoms with E-state index in [1.54, 1.807) is 24.3 Å². The lowest BCUT2D eigenvalue weighted by atomic mass is 9.90. The van der Waals surface area contributed by atoms with Crippen LogP contribution in [0.25, 0.3) is 11.4 Å². The van der Waals surface area contributed by atoms with Crippen molar-refractivity contribution in [3.8, 4) is 11.4 Å². The molecule has 0 spiro atoms. The average molecular weight is 401 g/mol. The minimum absolute atomic E-state index is 0.130. The van der Waals surface area contributed by atoms with E-state index in [0.29, 0.717) is 29.2 Å². The number of ketones is 2. The highest BCUT2D eigenvalue weighted by Crippen LogP contribution is 2.32. The number of carbonyl (C=O) groups is 2. The predicted octanol–water partition coefficient (Wildman–Crippen LogP) is 2.97. The van der Waals surface area contributed by atoms with Gasteiger partial charge in [-0.25, -0.2) is 4.98 Å². The summed E-state index contributed by atoms with van der Waals surface area (Å²) in [6.45, 7) is 6.56. The molecule has 6 heteroatoms. The molecule has 2 aromatic carbocycles. The number of hydrogen-bond acceptors (Lipinski definition) is 5. The molecule has 0 bridgehead atoms. The molecule has 1 aromatic heterocycles. The Balaban J connectivity index is 1.63. The molecule has 152 valence electrons. The molecular formula is C24H23N3O3. The third kappa shape index (κ3) is 3.09. The molecular weight excluding hydrogens is 378 g/mol. The monoisotopic (exact) mass is 401 g/mol. The van der Waals surface area contributed by atoms with E-state index in [1.807, 2.05) is 35.8 Å². The molecule has 6 nitrogen and oxygen atoms in total. The molecule has 0 saturated carbocycles. The van der Waals surface area contributed by atoms with Gasteiger partial charge in [0.15, 0.2) is 0 Å². The zero-order valence-electron chi connectivity index (χ0n) is 16.9. The van der Waals surface area contributed by atoms with Crippen molar-refractivity contribution in [3.63, 3.8) is 0 Å². The fraction of sp³-hybridized carbons (Fsp3) is 0.292. The molecule has 30 heavy (non-hydrogen) atoms. The molecule has 1 aliphatic heterocycles. The summed E-state index contributed by atoms with van der Waals surface area (Å²) in [5.41, 5.74) is 3.57. The number of ether oxygens (including phenoxy) is 1. The van der Waals surface area contributed by atoms with Crippen LogP contribution >= 0.6 is 0 Å². The van der Waals surface area contributed by atoms with Crippen molar-refractivity contribution in [1.29, 1.82) is 0 Å². The Labute approximate surface area is 175 Å². The first kappa shape index (κ1) is 18.9. The van der Waals surface area contributed by atoms with Gasteiger partial charge in [0.2, 0.25) is 11.6 Å². The molecule has 0 unspecified atom stereocenters. The molecule has 5 rings (SSSR count). The molecule has 0 atom stereocenters. The Bertz CT molecular complexity index is 1140. The fourth-order valence-corrected chi connectivity index (χ4v) is 4.29. The summed E-state index contributed by atoms with van der Waals surface area (Å²) in [4.78, 5) is 33.6. The van der Waals surface area contributed by atoms with Crippen LogP contribution in [0.15, 0.2) is 48.5 Å². The van der Waals surface area contributed by atoms with Gasteiger partial charge < -0.3 is 9.30 Å². The zero-order chi connectivity index (χ0) is 20.7. The summed E-state index contributed by atoms with van der Waals surface area (Å²) in [6, 6.07) is 15.0. The molecule has 1 fully saturated rings. The van der Waals surface area contributed by atoms with Crippen LogP contribution in [0, 0.1) is 6.92 Å². The summed E-state index contributed by atoms with van der Waals surface area (Å²) in [6.07, 6.45) is 0. The van der Waals surface area contributed by atoms with Crippen LogP contribution in [0.1, 0.15) is 37.7 Å². The number of rotatable bonds is 4. The number of fused-ring (bicyclic) bond motifs is 2. The van der Waals surface area contributed by atoms with Gasteiger partial charge in [-0.15, -0.1) is 0 Å². The maximum atomic E-state index is 13.4. The van der Waals surface area contributed by atoms with Crippen molar-refractivity contribution in [1.82, 2.24) is 14.5 Å². The number of imidazole rings is 1. The van der Waals surface area contributed by atoms with Gasteiger partial charge >= 0.3 is 0 Å². The first-order valence-electron chi connectivity index (χ1n) is 10.3. The second-order valence-electron chi connectivity index (χ2n) is 7.76. The number of hydrogen-bond donors (Lipinski definition) is 0. The average Bonchev–Trinajstić information content (AvgIpc) is 3.17. The zero-order valence-corrected chi connectivity index (χ0v) is 16.9. The van der Waals surface area contributed by atoms with Gasteiger partial charge in [-0.05, 0) is 12.5 Å². The Kier molecular flexibility index (Phi) is 4.81. The molecule has 2 heterocycles. The van der Waals surface area contributed by atoms with Crippen LogP contribution in [-0.4, -0.2) is 58.9 Å². The van der Waals surface area contributed by atoms with Gasteiger partial charge in [-0.2, -0.15) is 0 Å². The second kappa shape index (κ2) is 7.63. The number of morpholine rings is 1. The first-order valence-corrected chi connectivity index (χ1v) is 10.3. The standard InChI is InChI=1S/C24H23N3O3/c1-16-6-2-3-7-17(16)24-25-20-21(27(24)11-10-26-12-14-30-15-13-26)23(29)19-9-5-4-8-18(19)22(20)28/h2-9H,10-15H2,1H3. The highest BCUT2D eigenvalue weighted by atomic mass is 16.5. The van der Waals surface area contributed by atoms with Gasteiger partial charge in [-0.1, -0.05) is 48.5 Å². The third-order valence-electron chi connectivity index (χ3n) is 5.94. The second-order valence-corrected chi connectivity index (χ2v) is 7.76. The number of benzene rings is 2. The van der Waals surface area contributed by atoms with Crippen LogP contribution in [0.3, 0.4) is 0 Å². The first-order chi connectivity index (χ1) is 14.6. The Hall–Kier alpha value is -3.09. The van der Waals surface area contributed by atoms with Crippen LogP contribution in [-0.2, 0) is 11.3 Å². The number of aromatic nitrogens is 2. The SMILES string of the molecule is Cc1ccccc1-c1nc2c(n1CCN1CCOCC1)C(=O)c1ccccc1C2=O. The van der Waals surface area contributed by atoms with E-state index in [2.05, 4.69) is 4.90 Å². The molecule has 2 aliphatic rings. The largest absolute Gasteiger partial charge is 0.379 e. The molecule has 0 radical (unpaired) electrons. The molecule has 0 amide bonds. The lowest BCUT2D eigenvalue weighted by molar-refractivity contribution is 0.0363. The summed E-state index contributed by atoms with van der Waals surface area (Å²) in [7, 11) is 0. The van der Waals surface area contributed by atoms with Crippen molar-refractivity contribution in [2.45, 2.75) is 13.5 Å². The minimum Gasteiger partial charge on any atom is -0.379 e. The Morgan fingerprint density at radius 1 is 0.867 bits per heavy atom. The van der Waals surface area contributed by atoms with Gasteiger partial charge in [-0.3, -0.25) is 14.5 Å². The molecule has 0 N–H and O–H groups in total. The highest BCUT2D eigenvalue weighted by molar-refractivity contribution is 6.27. The van der Waals surface area contributed by atoms with Crippen molar-refractivity contribution in [2.24, 2.45) is 0 Å². The van der Waals surface area contributed by atoms with Gasteiger partial charge in [0.05, 0.1) is 13.2 Å². The number of carbonyl (C=O) groups excluding carboxylic acids is 2. The topological polar surface area (TPSA) is 64.4 Å². The number of aryl methyl sites for hydroxylation is 1. The fourth-order valence-electron chi connectivity index (χ4n) is 4.29. The minimum atomic E-state index is -0.180. The van der Waals surface area contributed by atoms with E-state index in [1.165, 1.54) is 0 Å². The van der Waals surface area contributed by atoms with Crippen molar-refractivity contribution >= 4 is 11.6 Å². The predicted molar refractivity (Wildman–Crippen MR) is 113 cm³/mol. The number of nitrogens with zero attached hydrogens (tertiary/aromatic N) is 3. The summed E-state index contributed by atoms with van der Waals surface area (Å²) in [5.74, 6) is 0.371. The van der Waals surface area contributed by atoms with Crippen LogP contribution in [0.4, 0.5) is 0 Å². The normalized spacial score (nSPS) is 16.4. The van der Waals surface area contributed by atoms with E-state index in [9.17, 15) is 9.59 Å². The molecule has 1 aliphatic carbocycles. The van der Waals surface area contributed by atoms with Crippen molar-refractivity contribution < 1.29 is 14.3 Å². The Morgan fingerprint density at radius 2 is 1.50 bits per heavy atom. The Morgan fingerprint density at radius 3 is 2.20 bits per heavy atom. The summed E-state index contributed by atoms with van der Waals surface area (Å²) in [5, 5.41) is 0. The van der Waals surface area contributed by atoms with Crippen LogP contribution < -0.4 is 0 Å². The van der Waals surface area contributed by atoms with E-state index in [4.69, 9.17) is 9.72 Å². The summed E-state index contributed by atoms with van der Waals surface area (Å²) >= 11 is 0.